The number of benzene rings is 3. The summed E-state index contributed by atoms with van der Waals surface area (Å²) in [5, 5.41) is 10.9. The molecule has 5 nitrogen and oxygen atoms in total. The van der Waals surface area contributed by atoms with Crippen molar-refractivity contribution in [3.05, 3.63) is 83.6 Å². The van der Waals surface area contributed by atoms with E-state index in [1.54, 1.807) is 11.3 Å². The monoisotopic (exact) mass is 410 g/mol. The molecule has 0 unspecified atom stereocenters. The second-order valence-electron chi connectivity index (χ2n) is 7.52. The largest absolute Gasteiger partial charge is 0.306 e. The number of carbonyl (C=O) groups is 1. The number of hydrogen-bond donors (Lipinski definition) is 1. The van der Waals surface area contributed by atoms with Crippen molar-refractivity contribution in [1.29, 1.82) is 0 Å². The normalized spacial score (nSPS) is 13.1. The molecule has 0 aliphatic heterocycles. The summed E-state index contributed by atoms with van der Waals surface area (Å²) in [4.78, 5) is 17.9. The van der Waals surface area contributed by atoms with E-state index < -0.39 is 0 Å². The molecule has 0 spiro atoms. The topological polar surface area (TPSA) is 59.8 Å². The number of aromatic nitrogens is 3. The molecule has 146 valence electrons. The number of nitrogens with one attached hydrogen (secondary N) is 1. The lowest BCUT2D eigenvalue weighted by Crippen LogP contribution is -2.16. The average Bonchev–Trinajstić information content (AvgIpc) is 3.48. The Hall–Kier alpha value is -3.51. The first-order valence-corrected chi connectivity index (χ1v) is 10.8. The van der Waals surface area contributed by atoms with Gasteiger partial charge >= 0.3 is 0 Å². The third-order valence-electron chi connectivity index (χ3n) is 5.61. The predicted octanol–water partition coefficient (Wildman–Crippen LogP) is 5.38. The standard InChI is InChI=1S/C24H18N4OS/c29-23(17-13-12-15-6-1-2-7-16(15)14-17)26-22-18-8-5-10-19(18)27-28(22)24-25-20-9-3-4-11-21(20)30-24/h1-4,6-7,9,11-14H,5,8,10H2,(H,26,29). The molecule has 6 heteroatoms. The Morgan fingerprint density at radius 1 is 0.967 bits per heavy atom. The summed E-state index contributed by atoms with van der Waals surface area (Å²) in [7, 11) is 0. The maximum atomic E-state index is 13.1. The Kier molecular flexibility index (Phi) is 3.92. The van der Waals surface area contributed by atoms with E-state index in [4.69, 9.17) is 10.1 Å². The van der Waals surface area contributed by atoms with Crippen LogP contribution >= 0.6 is 11.3 Å². The Morgan fingerprint density at radius 3 is 2.70 bits per heavy atom. The fraction of sp³-hybridized carbons (Fsp3) is 0.125. The van der Waals surface area contributed by atoms with Gasteiger partial charge in [-0.05, 0) is 54.3 Å². The van der Waals surface area contributed by atoms with Gasteiger partial charge in [0.25, 0.3) is 5.91 Å². The molecule has 1 amide bonds. The molecule has 0 bridgehead atoms. The van der Waals surface area contributed by atoms with Gasteiger partial charge in [0.15, 0.2) is 0 Å². The van der Waals surface area contributed by atoms with Crippen molar-refractivity contribution in [3.63, 3.8) is 0 Å². The first-order valence-electron chi connectivity index (χ1n) is 10.0. The van der Waals surface area contributed by atoms with E-state index in [0.29, 0.717) is 5.56 Å². The van der Waals surface area contributed by atoms with Gasteiger partial charge in [-0.3, -0.25) is 4.79 Å². The highest BCUT2D eigenvalue weighted by Crippen LogP contribution is 2.34. The van der Waals surface area contributed by atoms with Crippen LogP contribution in [0.3, 0.4) is 0 Å². The van der Waals surface area contributed by atoms with E-state index in [1.165, 1.54) is 0 Å². The van der Waals surface area contributed by atoms with Crippen LogP contribution in [0, 0.1) is 0 Å². The molecule has 30 heavy (non-hydrogen) atoms. The number of fused-ring (bicyclic) bond motifs is 3. The molecule has 0 fully saturated rings. The van der Waals surface area contributed by atoms with E-state index in [0.717, 1.165) is 62.5 Å². The summed E-state index contributed by atoms with van der Waals surface area (Å²) in [6.07, 6.45) is 2.93. The van der Waals surface area contributed by atoms with Gasteiger partial charge in [0.2, 0.25) is 5.13 Å². The Balaban J connectivity index is 1.41. The van der Waals surface area contributed by atoms with Crippen LogP contribution in [0.1, 0.15) is 28.0 Å². The summed E-state index contributed by atoms with van der Waals surface area (Å²) >= 11 is 1.58. The smallest absolute Gasteiger partial charge is 0.256 e. The fourth-order valence-electron chi connectivity index (χ4n) is 4.12. The summed E-state index contributed by atoms with van der Waals surface area (Å²) in [5.41, 5.74) is 3.77. The number of aryl methyl sites for hydroxylation is 1. The number of carbonyl (C=O) groups excluding carboxylic acids is 1. The number of para-hydroxylation sites is 1. The van der Waals surface area contributed by atoms with Gasteiger partial charge in [0.05, 0.1) is 15.9 Å². The van der Waals surface area contributed by atoms with Crippen molar-refractivity contribution < 1.29 is 4.79 Å². The molecule has 0 saturated carbocycles. The van der Waals surface area contributed by atoms with E-state index in [9.17, 15) is 4.79 Å². The van der Waals surface area contributed by atoms with Crippen LogP contribution in [0.5, 0.6) is 0 Å². The zero-order valence-electron chi connectivity index (χ0n) is 16.1. The Morgan fingerprint density at radius 2 is 1.80 bits per heavy atom. The van der Waals surface area contributed by atoms with Crippen molar-refractivity contribution in [3.8, 4) is 5.13 Å². The Bertz CT molecular complexity index is 1400. The minimum Gasteiger partial charge on any atom is -0.306 e. The zero-order chi connectivity index (χ0) is 20.1. The van der Waals surface area contributed by atoms with E-state index in [-0.39, 0.29) is 5.91 Å². The first kappa shape index (κ1) is 17.4. The third-order valence-corrected chi connectivity index (χ3v) is 6.63. The molecule has 0 radical (unpaired) electrons. The highest BCUT2D eigenvalue weighted by Gasteiger charge is 2.26. The van der Waals surface area contributed by atoms with Crippen LogP contribution in [0.2, 0.25) is 0 Å². The van der Waals surface area contributed by atoms with Gasteiger partial charge in [-0.15, -0.1) is 0 Å². The lowest BCUT2D eigenvalue weighted by atomic mass is 10.1. The second kappa shape index (κ2) is 6.78. The highest BCUT2D eigenvalue weighted by molar-refractivity contribution is 7.20. The number of rotatable bonds is 3. The molecule has 2 heterocycles. The number of amides is 1. The minimum atomic E-state index is -0.127. The van der Waals surface area contributed by atoms with Crippen LogP contribution < -0.4 is 5.32 Å². The predicted molar refractivity (Wildman–Crippen MR) is 121 cm³/mol. The van der Waals surface area contributed by atoms with Gasteiger partial charge < -0.3 is 5.32 Å². The molecule has 5 aromatic rings. The second-order valence-corrected chi connectivity index (χ2v) is 8.53. The van der Waals surface area contributed by atoms with Crippen molar-refractivity contribution in [2.45, 2.75) is 19.3 Å². The van der Waals surface area contributed by atoms with Gasteiger partial charge in [-0.2, -0.15) is 9.78 Å². The van der Waals surface area contributed by atoms with Crippen molar-refractivity contribution in [2.24, 2.45) is 0 Å². The van der Waals surface area contributed by atoms with Crippen molar-refractivity contribution >= 4 is 44.1 Å². The minimum absolute atomic E-state index is 0.127. The maximum absolute atomic E-state index is 13.1. The van der Waals surface area contributed by atoms with Crippen LogP contribution in [0.15, 0.2) is 66.7 Å². The molecular formula is C24H18N4OS. The summed E-state index contributed by atoms with van der Waals surface area (Å²) in [5.74, 6) is 0.623. The van der Waals surface area contributed by atoms with Gasteiger partial charge in [-0.25, -0.2) is 4.98 Å². The Labute approximate surface area is 177 Å². The fourth-order valence-corrected chi connectivity index (χ4v) is 5.04. The highest BCUT2D eigenvalue weighted by atomic mass is 32.1. The molecule has 2 aromatic heterocycles. The van der Waals surface area contributed by atoms with E-state index in [1.807, 2.05) is 65.3 Å². The molecule has 3 aromatic carbocycles. The lowest BCUT2D eigenvalue weighted by molar-refractivity contribution is 0.102. The zero-order valence-corrected chi connectivity index (χ0v) is 16.9. The number of thiazole rings is 1. The first-order chi connectivity index (χ1) is 14.8. The van der Waals surface area contributed by atoms with Crippen LogP contribution in [0.25, 0.3) is 26.1 Å². The van der Waals surface area contributed by atoms with Crippen molar-refractivity contribution in [1.82, 2.24) is 14.8 Å². The summed E-state index contributed by atoms with van der Waals surface area (Å²) in [6.45, 7) is 0. The summed E-state index contributed by atoms with van der Waals surface area (Å²) in [6, 6.07) is 21.9. The van der Waals surface area contributed by atoms with Gasteiger partial charge in [-0.1, -0.05) is 53.8 Å². The quantitative estimate of drug-likeness (QED) is 0.435. The molecule has 0 saturated heterocycles. The average molecular weight is 411 g/mol. The maximum Gasteiger partial charge on any atom is 0.256 e. The summed E-state index contributed by atoms with van der Waals surface area (Å²) < 4.78 is 2.92. The van der Waals surface area contributed by atoms with Gasteiger partial charge in [0.1, 0.15) is 5.82 Å². The lowest BCUT2D eigenvalue weighted by Gasteiger charge is -2.09. The molecule has 1 aliphatic rings. The third kappa shape index (κ3) is 2.80. The molecular weight excluding hydrogens is 392 g/mol. The van der Waals surface area contributed by atoms with E-state index >= 15 is 0 Å². The molecule has 0 atom stereocenters. The number of anilines is 1. The number of nitrogens with zero attached hydrogens (tertiary/aromatic N) is 3. The van der Waals surface area contributed by atoms with Crippen molar-refractivity contribution in [2.75, 3.05) is 5.32 Å². The van der Waals surface area contributed by atoms with Crippen LogP contribution in [-0.4, -0.2) is 20.7 Å². The molecule has 6 rings (SSSR count). The van der Waals surface area contributed by atoms with Gasteiger partial charge in [0, 0.05) is 11.1 Å². The van der Waals surface area contributed by atoms with Crippen LogP contribution in [0.4, 0.5) is 5.82 Å². The SMILES string of the molecule is O=C(Nc1c2c(nn1-c1nc3ccccc3s1)CCC2)c1ccc2ccccc2c1. The molecule has 1 N–H and O–H groups in total. The number of hydrogen-bond acceptors (Lipinski definition) is 4. The molecule has 1 aliphatic carbocycles. The van der Waals surface area contributed by atoms with Crippen LogP contribution in [-0.2, 0) is 12.8 Å². The van der Waals surface area contributed by atoms with E-state index in [2.05, 4.69) is 11.4 Å².